The molecule has 2 heterocycles. The minimum atomic E-state index is 0.151. The second-order valence-corrected chi connectivity index (χ2v) is 6.50. The summed E-state index contributed by atoms with van der Waals surface area (Å²) in [7, 11) is 1.96. The predicted molar refractivity (Wildman–Crippen MR) is 88.0 cm³/mol. The van der Waals surface area contributed by atoms with E-state index in [9.17, 15) is 0 Å². The molecule has 0 saturated heterocycles. The minimum Gasteiger partial charge on any atom is -0.395 e. The summed E-state index contributed by atoms with van der Waals surface area (Å²) in [6.07, 6.45) is 4.45. The van der Waals surface area contributed by atoms with E-state index in [-0.39, 0.29) is 6.61 Å². The molecule has 4 nitrogen and oxygen atoms in total. The van der Waals surface area contributed by atoms with Crippen LogP contribution in [0.4, 0.5) is 11.5 Å². The summed E-state index contributed by atoms with van der Waals surface area (Å²) in [6, 6.07) is 8.76. The number of anilines is 2. The van der Waals surface area contributed by atoms with Crippen molar-refractivity contribution in [1.82, 2.24) is 4.98 Å². The Bertz CT molecular complexity index is 551. The Kier molecular flexibility index (Phi) is 4.41. The number of aromatic nitrogens is 1. The molecule has 1 saturated carbocycles. The third-order valence-corrected chi connectivity index (χ3v) is 4.83. The second kappa shape index (κ2) is 6.45. The summed E-state index contributed by atoms with van der Waals surface area (Å²) >= 11 is 1.81. The van der Waals surface area contributed by atoms with Gasteiger partial charge >= 0.3 is 0 Å². The molecular formula is C16H21N3OS. The Hall–Kier alpha value is -1.59. The Labute approximate surface area is 129 Å². The van der Waals surface area contributed by atoms with E-state index in [1.165, 1.54) is 17.7 Å². The van der Waals surface area contributed by atoms with Gasteiger partial charge in [0.05, 0.1) is 24.5 Å². The van der Waals surface area contributed by atoms with Gasteiger partial charge in [-0.1, -0.05) is 6.07 Å². The smallest absolute Gasteiger partial charge is 0.126 e. The van der Waals surface area contributed by atoms with Crippen molar-refractivity contribution in [2.24, 2.45) is 5.92 Å². The number of aliphatic hydroxyl groups excluding tert-OH is 1. The van der Waals surface area contributed by atoms with E-state index < -0.39 is 0 Å². The molecule has 2 N–H and O–H groups in total. The maximum atomic E-state index is 8.97. The minimum absolute atomic E-state index is 0.151. The Morgan fingerprint density at radius 3 is 2.86 bits per heavy atom. The third-order valence-electron chi connectivity index (χ3n) is 3.87. The number of thiophene rings is 1. The number of likely N-dealkylation sites (N-methyl/N-ethyl adjacent to an activating group) is 1. The van der Waals surface area contributed by atoms with Crippen LogP contribution >= 0.6 is 11.3 Å². The molecule has 0 aliphatic heterocycles. The van der Waals surface area contributed by atoms with Gasteiger partial charge in [-0.25, -0.2) is 4.98 Å². The van der Waals surface area contributed by atoms with Gasteiger partial charge in [0.25, 0.3) is 0 Å². The fourth-order valence-corrected chi connectivity index (χ4v) is 3.32. The number of pyridine rings is 1. The first-order valence-corrected chi connectivity index (χ1v) is 8.24. The van der Waals surface area contributed by atoms with E-state index in [1.54, 1.807) is 11.3 Å². The highest BCUT2D eigenvalue weighted by Crippen LogP contribution is 2.43. The normalized spacial score (nSPS) is 15.7. The van der Waals surface area contributed by atoms with E-state index in [2.05, 4.69) is 27.8 Å². The standard InChI is InChI=1S/C16H21N3OS/c1-19(8-9-20)13-6-7-15(17-11-13)18-16(12-4-5-12)14-3-2-10-21-14/h2-3,6-7,10-12,16,20H,4-5,8-9H2,1H3,(H,17,18). The van der Waals surface area contributed by atoms with Crippen molar-refractivity contribution in [1.29, 1.82) is 0 Å². The molecule has 0 radical (unpaired) electrons. The topological polar surface area (TPSA) is 48.4 Å². The number of aliphatic hydroxyl groups is 1. The van der Waals surface area contributed by atoms with E-state index in [0.717, 1.165) is 17.4 Å². The summed E-state index contributed by atoms with van der Waals surface area (Å²) < 4.78 is 0. The lowest BCUT2D eigenvalue weighted by molar-refractivity contribution is 0.304. The third kappa shape index (κ3) is 3.54. The largest absolute Gasteiger partial charge is 0.395 e. The molecule has 1 atom stereocenters. The number of hydrogen-bond acceptors (Lipinski definition) is 5. The zero-order valence-electron chi connectivity index (χ0n) is 12.2. The molecular weight excluding hydrogens is 282 g/mol. The van der Waals surface area contributed by atoms with Crippen LogP contribution in [0, 0.1) is 5.92 Å². The zero-order chi connectivity index (χ0) is 14.7. The first-order valence-electron chi connectivity index (χ1n) is 7.36. The lowest BCUT2D eigenvalue weighted by Gasteiger charge is -2.20. The van der Waals surface area contributed by atoms with Crippen molar-refractivity contribution in [2.75, 3.05) is 30.4 Å². The average molecular weight is 303 g/mol. The van der Waals surface area contributed by atoms with E-state index >= 15 is 0 Å². The van der Waals surface area contributed by atoms with Crippen molar-refractivity contribution >= 4 is 22.8 Å². The van der Waals surface area contributed by atoms with Crippen molar-refractivity contribution in [3.63, 3.8) is 0 Å². The summed E-state index contributed by atoms with van der Waals surface area (Å²) in [6.45, 7) is 0.771. The average Bonchev–Trinajstić information content (AvgIpc) is 3.20. The molecule has 5 heteroatoms. The van der Waals surface area contributed by atoms with Crippen LogP contribution in [-0.2, 0) is 0 Å². The highest BCUT2D eigenvalue weighted by atomic mass is 32.1. The van der Waals surface area contributed by atoms with E-state index in [0.29, 0.717) is 12.6 Å². The summed E-state index contributed by atoms with van der Waals surface area (Å²) in [5, 5.41) is 14.7. The van der Waals surface area contributed by atoms with Crippen LogP contribution in [0.5, 0.6) is 0 Å². The Morgan fingerprint density at radius 1 is 1.43 bits per heavy atom. The van der Waals surface area contributed by atoms with E-state index in [4.69, 9.17) is 5.11 Å². The molecule has 2 aromatic rings. The van der Waals surface area contributed by atoms with Crippen molar-refractivity contribution in [2.45, 2.75) is 18.9 Å². The maximum Gasteiger partial charge on any atom is 0.126 e. The number of nitrogens with one attached hydrogen (secondary N) is 1. The molecule has 2 aromatic heterocycles. The first kappa shape index (κ1) is 14.4. The van der Waals surface area contributed by atoms with Crippen molar-refractivity contribution in [3.05, 3.63) is 40.7 Å². The highest BCUT2D eigenvalue weighted by Gasteiger charge is 2.33. The number of nitrogens with zero attached hydrogens (tertiary/aromatic N) is 2. The van der Waals surface area contributed by atoms with Gasteiger partial charge in [0.1, 0.15) is 5.82 Å². The fourth-order valence-electron chi connectivity index (χ4n) is 2.45. The van der Waals surface area contributed by atoms with Gasteiger partial charge in [-0.3, -0.25) is 0 Å². The molecule has 3 rings (SSSR count). The number of rotatable bonds is 7. The predicted octanol–water partition coefficient (Wildman–Crippen LogP) is 3.13. The summed E-state index contributed by atoms with van der Waals surface area (Å²) in [5.41, 5.74) is 1.02. The van der Waals surface area contributed by atoms with Gasteiger partial charge in [0.15, 0.2) is 0 Å². The van der Waals surface area contributed by atoms with E-state index in [1.807, 2.05) is 30.3 Å². The van der Waals surface area contributed by atoms with Gasteiger partial charge in [0.2, 0.25) is 0 Å². The van der Waals surface area contributed by atoms with Gasteiger partial charge in [-0.15, -0.1) is 11.3 Å². The first-order chi connectivity index (χ1) is 10.3. The molecule has 1 fully saturated rings. The van der Waals surface area contributed by atoms with Gasteiger partial charge in [-0.05, 0) is 42.3 Å². The monoisotopic (exact) mass is 303 g/mol. The van der Waals surface area contributed by atoms with Crippen LogP contribution in [0.3, 0.4) is 0 Å². The summed E-state index contributed by atoms with van der Waals surface area (Å²) in [5.74, 6) is 1.66. The second-order valence-electron chi connectivity index (χ2n) is 5.52. The fraction of sp³-hybridized carbons (Fsp3) is 0.438. The molecule has 0 spiro atoms. The highest BCUT2D eigenvalue weighted by molar-refractivity contribution is 7.10. The van der Waals surface area contributed by atoms with Gasteiger partial charge in [0, 0.05) is 18.5 Å². The maximum absolute atomic E-state index is 8.97. The molecule has 1 aliphatic carbocycles. The molecule has 0 bridgehead atoms. The van der Waals surface area contributed by atoms with Crippen LogP contribution in [-0.4, -0.2) is 30.3 Å². The summed E-state index contributed by atoms with van der Waals surface area (Å²) in [4.78, 5) is 7.90. The van der Waals surface area contributed by atoms with Crippen LogP contribution in [0.2, 0.25) is 0 Å². The van der Waals surface area contributed by atoms with Crippen LogP contribution < -0.4 is 10.2 Å². The quantitative estimate of drug-likeness (QED) is 0.825. The van der Waals surface area contributed by atoms with Crippen LogP contribution in [0.1, 0.15) is 23.8 Å². The molecule has 112 valence electrons. The van der Waals surface area contributed by atoms with Crippen LogP contribution in [0.25, 0.3) is 0 Å². The van der Waals surface area contributed by atoms with Gasteiger partial charge < -0.3 is 15.3 Å². The lowest BCUT2D eigenvalue weighted by atomic mass is 10.1. The molecule has 0 aromatic carbocycles. The van der Waals surface area contributed by atoms with Gasteiger partial charge in [-0.2, -0.15) is 0 Å². The van der Waals surface area contributed by atoms with Crippen LogP contribution in [0.15, 0.2) is 35.8 Å². The Balaban J connectivity index is 1.69. The zero-order valence-corrected chi connectivity index (χ0v) is 13.0. The van der Waals surface area contributed by atoms with Crippen molar-refractivity contribution in [3.8, 4) is 0 Å². The molecule has 21 heavy (non-hydrogen) atoms. The Morgan fingerprint density at radius 2 is 2.29 bits per heavy atom. The molecule has 1 aliphatic rings. The van der Waals surface area contributed by atoms with Crippen molar-refractivity contribution < 1.29 is 5.11 Å². The lowest BCUT2D eigenvalue weighted by Crippen LogP contribution is -2.21. The number of hydrogen-bond donors (Lipinski definition) is 2. The SMILES string of the molecule is CN(CCO)c1ccc(NC(c2cccs2)C2CC2)nc1. The molecule has 0 amide bonds. The molecule has 1 unspecified atom stereocenters.